The third-order valence-corrected chi connectivity index (χ3v) is 2.01. The van der Waals surface area contributed by atoms with Crippen molar-refractivity contribution in [1.29, 1.82) is 0 Å². The Kier molecular flexibility index (Phi) is 4.48. The van der Waals surface area contributed by atoms with Crippen LogP contribution in [0.4, 0.5) is 5.69 Å². The van der Waals surface area contributed by atoms with Crippen molar-refractivity contribution in [3.8, 4) is 0 Å². The SMILES string of the molecule is C=CC=COCc1ccc(N(C)C)cc1. The van der Waals surface area contributed by atoms with E-state index in [-0.39, 0.29) is 0 Å². The summed E-state index contributed by atoms with van der Waals surface area (Å²) in [6, 6.07) is 8.29. The topological polar surface area (TPSA) is 12.5 Å². The lowest BCUT2D eigenvalue weighted by Crippen LogP contribution is -2.08. The second-order valence-corrected chi connectivity index (χ2v) is 3.44. The van der Waals surface area contributed by atoms with E-state index in [2.05, 4.69) is 35.7 Å². The average Bonchev–Trinajstić information content (AvgIpc) is 2.25. The van der Waals surface area contributed by atoms with Crippen molar-refractivity contribution < 1.29 is 4.74 Å². The van der Waals surface area contributed by atoms with Crippen molar-refractivity contribution in [3.63, 3.8) is 0 Å². The van der Waals surface area contributed by atoms with Gasteiger partial charge in [-0.1, -0.05) is 24.8 Å². The average molecular weight is 203 g/mol. The molecular formula is C13H17NO. The molecule has 15 heavy (non-hydrogen) atoms. The first-order valence-corrected chi connectivity index (χ1v) is 4.89. The molecule has 2 heteroatoms. The van der Waals surface area contributed by atoms with E-state index in [9.17, 15) is 0 Å². The summed E-state index contributed by atoms with van der Waals surface area (Å²) < 4.78 is 5.30. The maximum atomic E-state index is 5.30. The Morgan fingerprint density at radius 1 is 1.27 bits per heavy atom. The summed E-state index contributed by atoms with van der Waals surface area (Å²) in [7, 11) is 4.05. The predicted molar refractivity (Wildman–Crippen MR) is 64.9 cm³/mol. The fourth-order valence-corrected chi connectivity index (χ4v) is 1.15. The van der Waals surface area contributed by atoms with Gasteiger partial charge in [0.1, 0.15) is 6.61 Å². The lowest BCUT2D eigenvalue weighted by Gasteiger charge is -2.12. The molecule has 1 aromatic rings. The van der Waals surface area contributed by atoms with E-state index in [0.29, 0.717) is 6.61 Å². The number of benzene rings is 1. The Labute approximate surface area is 91.5 Å². The first-order chi connectivity index (χ1) is 7.24. The molecule has 0 bridgehead atoms. The molecule has 1 aromatic carbocycles. The van der Waals surface area contributed by atoms with Crippen molar-refractivity contribution in [2.75, 3.05) is 19.0 Å². The van der Waals surface area contributed by atoms with Crippen molar-refractivity contribution in [2.45, 2.75) is 6.61 Å². The zero-order chi connectivity index (χ0) is 11.1. The van der Waals surface area contributed by atoms with E-state index >= 15 is 0 Å². The normalized spacial score (nSPS) is 10.3. The quantitative estimate of drug-likeness (QED) is 0.539. The number of hydrogen-bond donors (Lipinski definition) is 0. The Hall–Kier alpha value is -1.70. The molecule has 0 amide bonds. The van der Waals surface area contributed by atoms with Crippen molar-refractivity contribution in [2.24, 2.45) is 0 Å². The maximum absolute atomic E-state index is 5.30. The third kappa shape index (κ3) is 3.90. The number of anilines is 1. The maximum Gasteiger partial charge on any atom is 0.112 e. The fraction of sp³-hybridized carbons (Fsp3) is 0.231. The van der Waals surface area contributed by atoms with Gasteiger partial charge in [-0.05, 0) is 23.8 Å². The van der Waals surface area contributed by atoms with Crippen molar-refractivity contribution in [1.82, 2.24) is 0 Å². The summed E-state index contributed by atoms with van der Waals surface area (Å²) in [4.78, 5) is 2.07. The summed E-state index contributed by atoms with van der Waals surface area (Å²) >= 11 is 0. The number of rotatable bonds is 5. The molecule has 0 spiro atoms. The molecule has 0 fully saturated rings. The molecule has 1 rings (SSSR count). The van der Waals surface area contributed by atoms with Crippen LogP contribution in [0, 0.1) is 0 Å². The van der Waals surface area contributed by atoms with Gasteiger partial charge in [0.15, 0.2) is 0 Å². The van der Waals surface area contributed by atoms with E-state index in [1.165, 1.54) is 5.69 Å². The van der Waals surface area contributed by atoms with Gasteiger partial charge in [-0.25, -0.2) is 0 Å². The number of allylic oxidation sites excluding steroid dienone is 2. The minimum Gasteiger partial charge on any atom is -0.497 e. The van der Waals surface area contributed by atoms with E-state index in [1.807, 2.05) is 14.1 Å². The first-order valence-electron chi connectivity index (χ1n) is 4.89. The summed E-state index contributed by atoms with van der Waals surface area (Å²) in [5.41, 5.74) is 2.36. The van der Waals surface area contributed by atoms with Crippen LogP contribution in [0.5, 0.6) is 0 Å². The van der Waals surface area contributed by atoms with Gasteiger partial charge in [-0.2, -0.15) is 0 Å². The van der Waals surface area contributed by atoms with Gasteiger partial charge in [-0.3, -0.25) is 0 Å². The fourth-order valence-electron chi connectivity index (χ4n) is 1.15. The first kappa shape index (κ1) is 11.4. The number of ether oxygens (including phenoxy) is 1. The minimum atomic E-state index is 0.595. The van der Waals surface area contributed by atoms with Crippen molar-refractivity contribution in [3.05, 3.63) is 54.8 Å². The van der Waals surface area contributed by atoms with Gasteiger partial charge >= 0.3 is 0 Å². The molecule has 0 aromatic heterocycles. The van der Waals surface area contributed by atoms with Crippen LogP contribution in [0.2, 0.25) is 0 Å². The van der Waals surface area contributed by atoms with Gasteiger partial charge < -0.3 is 9.64 Å². The molecule has 0 unspecified atom stereocenters. The summed E-state index contributed by atoms with van der Waals surface area (Å²) in [5.74, 6) is 0. The molecule has 2 nitrogen and oxygen atoms in total. The van der Waals surface area contributed by atoms with Gasteiger partial charge in [0, 0.05) is 19.8 Å². The molecule has 0 N–H and O–H groups in total. The Balaban J connectivity index is 2.49. The molecule has 0 saturated heterocycles. The molecular weight excluding hydrogens is 186 g/mol. The van der Waals surface area contributed by atoms with Crippen LogP contribution in [-0.4, -0.2) is 14.1 Å². The molecule has 0 saturated carbocycles. The number of nitrogens with zero attached hydrogens (tertiary/aromatic N) is 1. The van der Waals surface area contributed by atoms with Gasteiger partial charge in [0.05, 0.1) is 6.26 Å². The van der Waals surface area contributed by atoms with Crippen LogP contribution in [0.25, 0.3) is 0 Å². The molecule has 0 aliphatic carbocycles. The smallest absolute Gasteiger partial charge is 0.112 e. The van der Waals surface area contributed by atoms with E-state index in [1.54, 1.807) is 18.4 Å². The number of hydrogen-bond acceptors (Lipinski definition) is 2. The largest absolute Gasteiger partial charge is 0.497 e. The lowest BCUT2D eigenvalue weighted by molar-refractivity contribution is 0.236. The van der Waals surface area contributed by atoms with Crippen LogP contribution in [0.15, 0.2) is 49.3 Å². The molecule has 0 aliphatic rings. The second-order valence-electron chi connectivity index (χ2n) is 3.44. The van der Waals surface area contributed by atoms with Crippen LogP contribution in [0.3, 0.4) is 0 Å². The zero-order valence-electron chi connectivity index (χ0n) is 9.31. The monoisotopic (exact) mass is 203 g/mol. The van der Waals surface area contributed by atoms with E-state index in [4.69, 9.17) is 4.74 Å². The van der Waals surface area contributed by atoms with Crippen LogP contribution >= 0.6 is 0 Å². The molecule has 0 aliphatic heterocycles. The Morgan fingerprint density at radius 3 is 2.47 bits per heavy atom. The minimum absolute atomic E-state index is 0.595. The molecule has 0 heterocycles. The Bertz CT molecular complexity index is 325. The summed E-state index contributed by atoms with van der Waals surface area (Å²) in [6.07, 6.45) is 5.11. The second kappa shape index (κ2) is 5.91. The molecule has 0 radical (unpaired) electrons. The van der Waals surface area contributed by atoms with Gasteiger partial charge in [-0.15, -0.1) is 0 Å². The Morgan fingerprint density at radius 2 is 1.93 bits per heavy atom. The highest BCUT2D eigenvalue weighted by molar-refractivity contribution is 5.45. The molecule has 80 valence electrons. The van der Waals surface area contributed by atoms with Gasteiger partial charge in [0.2, 0.25) is 0 Å². The predicted octanol–water partition coefficient (Wildman–Crippen LogP) is 2.97. The van der Waals surface area contributed by atoms with E-state index in [0.717, 1.165) is 5.56 Å². The highest BCUT2D eigenvalue weighted by Gasteiger charge is 1.95. The standard InChI is InChI=1S/C13H17NO/c1-4-5-10-15-11-12-6-8-13(9-7-12)14(2)3/h4-10H,1,11H2,2-3H3. The lowest BCUT2D eigenvalue weighted by atomic mass is 10.2. The van der Waals surface area contributed by atoms with Crippen LogP contribution in [-0.2, 0) is 11.3 Å². The van der Waals surface area contributed by atoms with Crippen LogP contribution < -0.4 is 4.90 Å². The van der Waals surface area contributed by atoms with Crippen LogP contribution in [0.1, 0.15) is 5.56 Å². The third-order valence-electron chi connectivity index (χ3n) is 2.01. The van der Waals surface area contributed by atoms with Crippen molar-refractivity contribution >= 4 is 5.69 Å². The highest BCUT2D eigenvalue weighted by atomic mass is 16.5. The summed E-state index contributed by atoms with van der Waals surface area (Å²) in [5, 5.41) is 0. The van der Waals surface area contributed by atoms with Gasteiger partial charge in [0.25, 0.3) is 0 Å². The van der Waals surface area contributed by atoms with E-state index < -0.39 is 0 Å². The highest BCUT2D eigenvalue weighted by Crippen LogP contribution is 2.12. The molecule has 0 atom stereocenters. The zero-order valence-corrected chi connectivity index (χ0v) is 9.31. The summed E-state index contributed by atoms with van der Waals surface area (Å²) in [6.45, 7) is 4.16.